The van der Waals surface area contributed by atoms with Crippen LogP contribution in [0.2, 0.25) is 5.02 Å². The van der Waals surface area contributed by atoms with E-state index in [1.807, 2.05) is 18.2 Å². The molecule has 2 N–H and O–H groups in total. The summed E-state index contributed by atoms with van der Waals surface area (Å²) in [6.07, 6.45) is 0. The van der Waals surface area contributed by atoms with Crippen molar-refractivity contribution in [1.29, 1.82) is 0 Å². The minimum absolute atomic E-state index is 0.0574. The first-order chi connectivity index (χ1) is 13.4. The van der Waals surface area contributed by atoms with Gasteiger partial charge in [-0.2, -0.15) is 4.98 Å². The number of benzene rings is 2. The molecule has 0 aliphatic rings. The van der Waals surface area contributed by atoms with Crippen LogP contribution in [0.3, 0.4) is 0 Å². The van der Waals surface area contributed by atoms with Gasteiger partial charge < -0.3 is 20.1 Å². The van der Waals surface area contributed by atoms with E-state index >= 15 is 0 Å². The summed E-state index contributed by atoms with van der Waals surface area (Å²) in [5.41, 5.74) is 2.06. The molecule has 28 heavy (non-hydrogen) atoms. The van der Waals surface area contributed by atoms with E-state index in [2.05, 4.69) is 20.8 Å². The number of thiocarbonyl (C=S) groups is 1. The second kappa shape index (κ2) is 8.81. The maximum Gasteiger partial charge on any atom is 0.253 e. The highest BCUT2D eigenvalue weighted by Gasteiger charge is 2.12. The van der Waals surface area contributed by atoms with Crippen LogP contribution in [-0.2, 0) is 6.54 Å². The molecule has 0 saturated carbocycles. The Morgan fingerprint density at radius 2 is 1.89 bits per heavy atom. The first-order valence-corrected chi connectivity index (χ1v) is 9.16. The van der Waals surface area contributed by atoms with E-state index in [1.165, 1.54) is 4.90 Å². The monoisotopic (exact) mass is 415 g/mol. The van der Waals surface area contributed by atoms with Gasteiger partial charge >= 0.3 is 0 Å². The Bertz CT molecular complexity index is 988. The molecule has 3 aromatic rings. The molecule has 0 saturated heterocycles. The molecule has 0 aliphatic heterocycles. The highest BCUT2D eigenvalue weighted by atomic mass is 35.5. The molecule has 1 aromatic heterocycles. The Morgan fingerprint density at radius 3 is 2.57 bits per heavy atom. The number of carbonyl (C=O) groups is 1. The largest absolute Gasteiger partial charge is 0.353 e. The Morgan fingerprint density at radius 1 is 1.18 bits per heavy atom. The van der Waals surface area contributed by atoms with Gasteiger partial charge in [-0.05, 0) is 48.6 Å². The summed E-state index contributed by atoms with van der Waals surface area (Å²) in [7, 11) is 3.42. The van der Waals surface area contributed by atoms with Crippen LogP contribution in [0.15, 0.2) is 53.1 Å². The highest BCUT2D eigenvalue weighted by Crippen LogP contribution is 2.24. The molecule has 144 valence electrons. The molecule has 0 unspecified atom stereocenters. The summed E-state index contributed by atoms with van der Waals surface area (Å²) < 4.78 is 5.23. The molecule has 0 atom stereocenters. The number of anilines is 1. The lowest BCUT2D eigenvalue weighted by molar-refractivity contribution is 0.0827. The zero-order chi connectivity index (χ0) is 20.1. The SMILES string of the molecule is CN(C)C(=O)c1ccc(NC(=S)NCc2nc(-c3ccccc3Cl)no2)cc1. The van der Waals surface area contributed by atoms with Crippen LogP contribution in [0.5, 0.6) is 0 Å². The molecular weight excluding hydrogens is 398 g/mol. The van der Waals surface area contributed by atoms with Gasteiger partial charge in [-0.15, -0.1) is 0 Å². The quantitative estimate of drug-likeness (QED) is 0.616. The Kier molecular flexibility index (Phi) is 6.23. The van der Waals surface area contributed by atoms with Crippen molar-refractivity contribution < 1.29 is 9.32 Å². The minimum Gasteiger partial charge on any atom is -0.353 e. The van der Waals surface area contributed by atoms with Gasteiger partial charge in [-0.25, -0.2) is 0 Å². The van der Waals surface area contributed by atoms with Crippen LogP contribution in [0.1, 0.15) is 16.2 Å². The van der Waals surface area contributed by atoms with Crippen molar-refractivity contribution in [2.45, 2.75) is 6.54 Å². The first-order valence-electron chi connectivity index (χ1n) is 8.38. The van der Waals surface area contributed by atoms with E-state index in [9.17, 15) is 4.79 Å². The van der Waals surface area contributed by atoms with Gasteiger partial charge in [0.2, 0.25) is 11.7 Å². The zero-order valence-corrected chi connectivity index (χ0v) is 16.8. The van der Waals surface area contributed by atoms with E-state index in [0.29, 0.717) is 33.0 Å². The summed E-state index contributed by atoms with van der Waals surface area (Å²) in [4.78, 5) is 17.7. The topological polar surface area (TPSA) is 83.3 Å². The molecule has 0 spiro atoms. The van der Waals surface area contributed by atoms with E-state index in [0.717, 1.165) is 5.69 Å². The lowest BCUT2D eigenvalue weighted by atomic mass is 10.2. The summed E-state index contributed by atoms with van der Waals surface area (Å²) in [5.74, 6) is 0.742. The fourth-order valence-electron chi connectivity index (χ4n) is 2.36. The van der Waals surface area contributed by atoms with Crippen LogP contribution in [-0.4, -0.2) is 40.2 Å². The molecular formula is C19H18ClN5O2S. The Labute approximate surface area is 172 Å². The average molecular weight is 416 g/mol. The third-order valence-electron chi connectivity index (χ3n) is 3.78. The molecule has 7 nitrogen and oxygen atoms in total. The molecule has 1 amide bonds. The smallest absolute Gasteiger partial charge is 0.253 e. The average Bonchev–Trinajstić information content (AvgIpc) is 3.15. The first kappa shape index (κ1) is 19.8. The van der Waals surface area contributed by atoms with Gasteiger partial charge in [-0.1, -0.05) is 28.9 Å². The predicted octanol–water partition coefficient (Wildman–Crippen LogP) is 3.58. The van der Waals surface area contributed by atoms with Crippen molar-refractivity contribution >= 4 is 40.5 Å². The van der Waals surface area contributed by atoms with Crippen molar-refractivity contribution in [2.75, 3.05) is 19.4 Å². The van der Waals surface area contributed by atoms with E-state index in [4.69, 9.17) is 28.3 Å². The summed E-state index contributed by atoms with van der Waals surface area (Å²) in [5, 5.41) is 10.9. The van der Waals surface area contributed by atoms with E-state index in [1.54, 1.807) is 44.4 Å². The van der Waals surface area contributed by atoms with Crippen LogP contribution in [0.4, 0.5) is 5.69 Å². The molecule has 1 heterocycles. The third-order valence-corrected chi connectivity index (χ3v) is 4.35. The predicted molar refractivity (Wildman–Crippen MR) is 112 cm³/mol. The van der Waals surface area contributed by atoms with Gasteiger partial charge in [0.25, 0.3) is 5.91 Å². The van der Waals surface area contributed by atoms with Crippen molar-refractivity contribution in [2.24, 2.45) is 0 Å². The minimum atomic E-state index is -0.0574. The fourth-order valence-corrected chi connectivity index (χ4v) is 2.77. The Hall–Kier alpha value is -2.97. The molecule has 2 aromatic carbocycles. The maximum absolute atomic E-state index is 11.9. The number of aromatic nitrogens is 2. The van der Waals surface area contributed by atoms with E-state index < -0.39 is 0 Å². The standard InChI is InChI=1S/C19H18ClN5O2S/c1-25(2)18(26)12-7-9-13(10-8-12)22-19(28)21-11-16-23-17(24-27-16)14-5-3-4-6-15(14)20/h3-10H,11H2,1-2H3,(H2,21,22,28). The van der Waals surface area contributed by atoms with Gasteiger partial charge in [0.15, 0.2) is 5.11 Å². The van der Waals surface area contributed by atoms with Crippen molar-refractivity contribution in [3.8, 4) is 11.4 Å². The number of halogens is 1. The van der Waals surface area contributed by atoms with Gasteiger partial charge in [0, 0.05) is 30.9 Å². The number of nitrogens with zero attached hydrogens (tertiary/aromatic N) is 3. The molecule has 0 aliphatic carbocycles. The third kappa shape index (κ3) is 4.85. The van der Waals surface area contributed by atoms with Crippen molar-refractivity contribution in [3.05, 3.63) is 65.0 Å². The Balaban J connectivity index is 1.55. The second-order valence-corrected chi connectivity index (χ2v) is 6.89. The second-order valence-electron chi connectivity index (χ2n) is 6.08. The van der Waals surface area contributed by atoms with Crippen molar-refractivity contribution in [3.63, 3.8) is 0 Å². The number of hydrogen-bond acceptors (Lipinski definition) is 5. The zero-order valence-electron chi connectivity index (χ0n) is 15.3. The molecule has 0 fully saturated rings. The van der Waals surface area contributed by atoms with Crippen LogP contribution < -0.4 is 10.6 Å². The molecule has 3 rings (SSSR count). The summed E-state index contributed by atoms with van der Waals surface area (Å²) in [6.45, 7) is 0.264. The number of hydrogen-bond donors (Lipinski definition) is 2. The summed E-state index contributed by atoms with van der Waals surface area (Å²) >= 11 is 11.4. The van der Waals surface area contributed by atoms with Crippen LogP contribution in [0.25, 0.3) is 11.4 Å². The highest BCUT2D eigenvalue weighted by molar-refractivity contribution is 7.80. The van der Waals surface area contributed by atoms with Gasteiger partial charge in [-0.3, -0.25) is 4.79 Å². The maximum atomic E-state index is 11.9. The molecule has 0 radical (unpaired) electrons. The number of nitrogens with one attached hydrogen (secondary N) is 2. The van der Waals surface area contributed by atoms with Crippen LogP contribution in [0, 0.1) is 0 Å². The van der Waals surface area contributed by atoms with Gasteiger partial charge in [0.05, 0.1) is 11.6 Å². The lowest BCUT2D eigenvalue weighted by Gasteiger charge is -2.12. The van der Waals surface area contributed by atoms with Crippen LogP contribution >= 0.6 is 23.8 Å². The fraction of sp³-hybridized carbons (Fsp3) is 0.158. The number of carbonyl (C=O) groups excluding carboxylic acids is 1. The lowest BCUT2D eigenvalue weighted by Crippen LogP contribution is -2.28. The number of rotatable bonds is 5. The van der Waals surface area contributed by atoms with E-state index in [-0.39, 0.29) is 12.5 Å². The van der Waals surface area contributed by atoms with Crippen molar-refractivity contribution in [1.82, 2.24) is 20.4 Å². The summed E-state index contributed by atoms with van der Waals surface area (Å²) in [6, 6.07) is 14.3. The molecule has 9 heteroatoms. The number of amides is 1. The normalized spacial score (nSPS) is 10.4. The van der Waals surface area contributed by atoms with Gasteiger partial charge in [0.1, 0.15) is 0 Å². The molecule has 0 bridgehead atoms.